The van der Waals surface area contributed by atoms with Crippen molar-refractivity contribution in [1.29, 1.82) is 0 Å². The Morgan fingerprint density at radius 2 is 1.59 bits per heavy atom. The summed E-state index contributed by atoms with van der Waals surface area (Å²) in [5.74, 6) is 0.653. The molecule has 0 fully saturated rings. The summed E-state index contributed by atoms with van der Waals surface area (Å²) < 4.78 is 0. The maximum atomic E-state index is 11.4. The van der Waals surface area contributed by atoms with Gasteiger partial charge in [-0.3, -0.25) is 9.69 Å². The highest BCUT2D eigenvalue weighted by Crippen LogP contribution is 2.05. The first-order valence-corrected chi connectivity index (χ1v) is 8.46. The number of hydrogen-bond acceptors (Lipinski definition) is 3. The second-order valence-electron chi connectivity index (χ2n) is 5.85. The average Bonchev–Trinajstić information content (AvgIpc) is 2.43. The lowest BCUT2D eigenvalue weighted by atomic mass is 10.2. The van der Waals surface area contributed by atoms with E-state index < -0.39 is 0 Å². The Balaban J connectivity index is 4.19. The third-order valence-corrected chi connectivity index (χ3v) is 3.31. The van der Waals surface area contributed by atoms with Gasteiger partial charge >= 0.3 is 0 Å². The van der Waals surface area contributed by atoms with Crippen LogP contribution in [-0.4, -0.2) is 61.6 Å². The number of rotatable bonds is 10. The Bertz CT molecular complexity index is 320. The summed E-state index contributed by atoms with van der Waals surface area (Å²) in [4.78, 5) is 18.2. The molecule has 6 heteroatoms. The fourth-order valence-corrected chi connectivity index (χ4v) is 2.33. The third-order valence-electron chi connectivity index (χ3n) is 3.31. The monoisotopic (exact) mass is 313 g/mol. The van der Waals surface area contributed by atoms with E-state index in [4.69, 9.17) is 0 Å². The van der Waals surface area contributed by atoms with Crippen LogP contribution in [0.25, 0.3) is 0 Å². The highest BCUT2D eigenvalue weighted by molar-refractivity contribution is 5.84. The second-order valence-corrected chi connectivity index (χ2v) is 5.85. The van der Waals surface area contributed by atoms with Crippen molar-refractivity contribution < 1.29 is 4.79 Å². The molecular weight excluding hydrogens is 278 g/mol. The first-order chi connectivity index (χ1) is 10.4. The molecule has 0 saturated heterocycles. The topological polar surface area (TPSA) is 68.8 Å². The summed E-state index contributed by atoms with van der Waals surface area (Å²) >= 11 is 0. The predicted octanol–water partition coefficient (Wildman–Crippen LogP) is 1.19. The zero-order valence-corrected chi connectivity index (χ0v) is 15.2. The van der Waals surface area contributed by atoms with Crippen molar-refractivity contribution in [2.24, 2.45) is 4.99 Å². The van der Waals surface area contributed by atoms with Gasteiger partial charge in [0.2, 0.25) is 5.91 Å². The molecule has 0 aromatic rings. The number of carbonyl (C=O) groups excluding carboxylic acids is 1. The number of aliphatic imine (C=N–C) groups is 1. The van der Waals surface area contributed by atoms with E-state index in [-0.39, 0.29) is 12.5 Å². The number of likely N-dealkylation sites (N-methyl/N-ethyl adjacent to an activating group) is 1. The summed E-state index contributed by atoms with van der Waals surface area (Å²) in [6.07, 6.45) is 1.04. The van der Waals surface area contributed by atoms with Gasteiger partial charge in [0.15, 0.2) is 5.96 Å². The standard InChI is InChI=1S/C16H35N5O/c1-7-17-15(22)12-20-16(18-8-2)19-10-9-11-21(13(3)4)14(5)6/h13-14H,7-12H2,1-6H3,(H,17,22)(H2,18,19,20). The van der Waals surface area contributed by atoms with Gasteiger partial charge in [-0.05, 0) is 48.0 Å². The largest absolute Gasteiger partial charge is 0.357 e. The first kappa shape index (κ1) is 20.7. The number of hydrogen-bond donors (Lipinski definition) is 3. The molecule has 0 atom stereocenters. The molecule has 3 N–H and O–H groups in total. The van der Waals surface area contributed by atoms with Crippen LogP contribution in [-0.2, 0) is 4.79 Å². The molecule has 130 valence electrons. The Kier molecular flexibility index (Phi) is 11.5. The van der Waals surface area contributed by atoms with Crippen LogP contribution in [0.1, 0.15) is 48.0 Å². The van der Waals surface area contributed by atoms with Gasteiger partial charge in [0.25, 0.3) is 0 Å². The Morgan fingerprint density at radius 3 is 2.09 bits per heavy atom. The summed E-state index contributed by atoms with van der Waals surface area (Å²) in [5, 5.41) is 9.18. The third kappa shape index (κ3) is 9.60. The molecule has 0 heterocycles. The molecule has 1 amide bonds. The molecule has 0 rings (SSSR count). The zero-order valence-electron chi connectivity index (χ0n) is 15.2. The normalized spacial score (nSPS) is 12.1. The Morgan fingerprint density at radius 1 is 1.00 bits per heavy atom. The van der Waals surface area contributed by atoms with E-state index in [1.165, 1.54) is 0 Å². The van der Waals surface area contributed by atoms with Crippen LogP contribution < -0.4 is 16.0 Å². The fraction of sp³-hybridized carbons (Fsp3) is 0.875. The molecule has 0 unspecified atom stereocenters. The van der Waals surface area contributed by atoms with E-state index in [0.29, 0.717) is 24.6 Å². The molecule has 0 saturated carbocycles. The van der Waals surface area contributed by atoms with Crippen molar-refractivity contribution in [3.05, 3.63) is 0 Å². The molecular formula is C16H35N5O. The van der Waals surface area contributed by atoms with E-state index in [9.17, 15) is 4.79 Å². The Hall–Kier alpha value is -1.30. The van der Waals surface area contributed by atoms with E-state index in [1.807, 2.05) is 13.8 Å². The van der Waals surface area contributed by atoms with Crippen molar-refractivity contribution in [2.45, 2.75) is 60.0 Å². The maximum absolute atomic E-state index is 11.4. The molecule has 0 radical (unpaired) electrons. The maximum Gasteiger partial charge on any atom is 0.241 e. The lowest BCUT2D eigenvalue weighted by Crippen LogP contribution is -2.41. The van der Waals surface area contributed by atoms with Crippen LogP contribution in [0.2, 0.25) is 0 Å². The van der Waals surface area contributed by atoms with E-state index in [2.05, 4.69) is 53.5 Å². The van der Waals surface area contributed by atoms with E-state index in [0.717, 1.165) is 26.1 Å². The number of nitrogens with one attached hydrogen (secondary N) is 3. The lowest BCUT2D eigenvalue weighted by Gasteiger charge is -2.30. The number of carbonyl (C=O) groups is 1. The van der Waals surface area contributed by atoms with Crippen LogP contribution in [0.15, 0.2) is 4.99 Å². The first-order valence-electron chi connectivity index (χ1n) is 8.46. The fourth-order valence-electron chi connectivity index (χ4n) is 2.33. The predicted molar refractivity (Wildman–Crippen MR) is 94.3 cm³/mol. The van der Waals surface area contributed by atoms with E-state index in [1.54, 1.807) is 0 Å². The number of guanidine groups is 1. The van der Waals surface area contributed by atoms with Crippen LogP contribution in [0.3, 0.4) is 0 Å². The lowest BCUT2D eigenvalue weighted by molar-refractivity contribution is -0.119. The van der Waals surface area contributed by atoms with Crippen molar-refractivity contribution in [3.63, 3.8) is 0 Å². The van der Waals surface area contributed by atoms with Gasteiger partial charge in [-0.2, -0.15) is 0 Å². The molecule has 0 aromatic heterocycles. The van der Waals surface area contributed by atoms with Crippen molar-refractivity contribution in [2.75, 3.05) is 32.7 Å². The van der Waals surface area contributed by atoms with Crippen LogP contribution in [0, 0.1) is 0 Å². The van der Waals surface area contributed by atoms with Gasteiger partial charge in [-0.25, -0.2) is 4.99 Å². The molecule has 0 aliphatic carbocycles. The highest BCUT2D eigenvalue weighted by atomic mass is 16.1. The highest BCUT2D eigenvalue weighted by Gasteiger charge is 2.12. The van der Waals surface area contributed by atoms with Crippen LogP contribution in [0.5, 0.6) is 0 Å². The SMILES string of the molecule is CCNC(=O)CN=C(NCC)NCCCN(C(C)C)C(C)C. The van der Waals surface area contributed by atoms with Crippen LogP contribution in [0.4, 0.5) is 0 Å². The molecule has 0 bridgehead atoms. The molecule has 22 heavy (non-hydrogen) atoms. The summed E-state index contributed by atoms with van der Waals surface area (Å²) in [7, 11) is 0. The average molecular weight is 313 g/mol. The minimum Gasteiger partial charge on any atom is -0.357 e. The smallest absolute Gasteiger partial charge is 0.241 e. The zero-order chi connectivity index (χ0) is 17.0. The van der Waals surface area contributed by atoms with Gasteiger partial charge in [0, 0.05) is 38.3 Å². The second kappa shape index (κ2) is 12.3. The molecule has 6 nitrogen and oxygen atoms in total. The summed E-state index contributed by atoms with van der Waals surface area (Å²) in [5.41, 5.74) is 0. The summed E-state index contributed by atoms with van der Waals surface area (Å²) in [6, 6.07) is 1.11. The van der Waals surface area contributed by atoms with E-state index >= 15 is 0 Å². The van der Waals surface area contributed by atoms with Crippen molar-refractivity contribution in [1.82, 2.24) is 20.9 Å². The van der Waals surface area contributed by atoms with Gasteiger partial charge in [0.05, 0.1) is 0 Å². The molecule has 0 spiro atoms. The van der Waals surface area contributed by atoms with Gasteiger partial charge in [0.1, 0.15) is 6.54 Å². The minimum absolute atomic E-state index is 0.0505. The number of amides is 1. The molecule has 0 aliphatic heterocycles. The van der Waals surface area contributed by atoms with Gasteiger partial charge < -0.3 is 16.0 Å². The van der Waals surface area contributed by atoms with Gasteiger partial charge in [-0.1, -0.05) is 0 Å². The molecule has 0 aromatic carbocycles. The number of nitrogens with zero attached hydrogens (tertiary/aromatic N) is 2. The van der Waals surface area contributed by atoms with Crippen molar-refractivity contribution >= 4 is 11.9 Å². The minimum atomic E-state index is -0.0505. The molecule has 0 aliphatic rings. The van der Waals surface area contributed by atoms with Crippen LogP contribution >= 0.6 is 0 Å². The van der Waals surface area contributed by atoms with Gasteiger partial charge in [-0.15, -0.1) is 0 Å². The summed E-state index contributed by atoms with van der Waals surface area (Å²) in [6.45, 7) is 16.3. The quantitative estimate of drug-likeness (QED) is 0.322. The Labute approximate surface area is 136 Å². The van der Waals surface area contributed by atoms with Crippen molar-refractivity contribution in [3.8, 4) is 0 Å².